The Morgan fingerprint density at radius 2 is 2.11 bits per heavy atom. The third kappa shape index (κ3) is 2.75. The average molecular weight is 312 g/mol. The van der Waals surface area contributed by atoms with E-state index < -0.39 is 5.54 Å². The van der Waals surface area contributed by atoms with Crippen LogP contribution in [0.25, 0.3) is 0 Å². The molecule has 1 aromatic rings. The molecule has 0 bridgehead atoms. The largest absolute Gasteiger partial charge is 0.394 e. The van der Waals surface area contributed by atoms with Gasteiger partial charge in [0.05, 0.1) is 12.1 Å². The number of halogens is 1. The van der Waals surface area contributed by atoms with Crippen molar-refractivity contribution in [2.45, 2.75) is 38.1 Å². The average Bonchev–Trinajstić information content (AvgIpc) is 2.82. The minimum atomic E-state index is -0.408. The highest BCUT2D eigenvalue weighted by Gasteiger charge is 2.34. The van der Waals surface area contributed by atoms with E-state index in [0.717, 1.165) is 35.7 Å². The molecule has 1 aliphatic rings. The van der Waals surface area contributed by atoms with Gasteiger partial charge in [-0.05, 0) is 37.5 Å². The summed E-state index contributed by atoms with van der Waals surface area (Å²) in [6, 6.07) is 5.55. The Morgan fingerprint density at radius 3 is 2.67 bits per heavy atom. The molecule has 2 N–H and O–H groups in total. The number of benzene rings is 1. The summed E-state index contributed by atoms with van der Waals surface area (Å²) in [6.45, 7) is 2.00. The van der Waals surface area contributed by atoms with Gasteiger partial charge >= 0.3 is 0 Å². The van der Waals surface area contributed by atoms with Crippen LogP contribution in [-0.4, -0.2) is 23.2 Å². The SMILES string of the molecule is Cc1ccc(C(=O)NC2(CO)CCCC2)cc1Br. The summed E-state index contributed by atoms with van der Waals surface area (Å²) in [6.07, 6.45) is 3.86. The van der Waals surface area contributed by atoms with Crippen molar-refractivity contribution < 1.29 is 9.90 Å². The van der Waals surface area contributed by atoms with Crippen LogP contribution in [0.5, 0.6) is 0 Å². The van der Waals surface area contributed by atoms with Crippen molar-refractivity contribution in [3.05, 3.63) is 33.8 Å². The fraction of sp³-hybridized carbons (Fsp3) is 0.500. The van der Waals surface area contributed by atoms with Gasteiger partial charge in [-0.15, -0.1) is 0 Å². The van der Waals surface area contributed by atoms with E-state index in [9.17, 15) is 9.90 Å². The molecule has 18 heavy (non-hydrogen) atoms. The summed E-state index contributed by atoms with van der Waals surface area (Å²) in [5.41, 5.74) is 1.32. The maximum absolute atomic E-state index is 12.2. The predicted molar refractivity (Wildman–Crippen MR) is 74.6 cm³/mol. The summed E-state index contributed by atoms with van der Waals surface area (Å²) < 4.78 is 0.930. The molecule has 1 fully saturated rings. The van der Waals surface area contributed by atoms with E-state index >= 15 is 0 Å². The Kier molecular flexibility index (Phi) is 4.07. The Hall–Kier alpha value is -0.870. The van der Waals surface area contributed by atoms with Crippen LogP contribution in [0.1, 0.15) is 41.6 Å². The molecular formula is C14H18BrNO2. The molecule has 0 spiro atoms. The van der Waals surface area contributed by atoms with Crippen LogP contribution in [0.2, 0.25) is 0 Å². The van der Waals surface area contributed by atoms with Crippen molar-refractivity contribution in [2.24, 2.45) is 0 Å². The van der Waals surface area contributed by atoms with Crippen molar-refractivity contribution >= 4 is 21.8 Å². The van der Waals surface area contributed by atoms with Gasteiger partial charge < -0.3 is 10.4 Å². The molecule has 2 rings (SSSR count). The van der Waals surface area contributed by atoms with Crippen LogP contribution in [0, 0.1) is 6.92 Å². The Bertz CT molecular complexity index is 453. The third-order valence-electron chi connectivity index (χ3n) is 3.68. The molecule has 0 atom stereocenters. The van der Waals surface area contributed by atoms with Crippen molar-refractivity contribution in [2.75, 3.05) is 6.61 Å². The van der Waals surface area contributed by atoms with Crippen LogP contribution in [0.3, 0.4) is 0 Å². The zero-order valence-electron chi connectivity index (χ0n) is 10.5. The second kappa shape index (κ2) is 5.41. The molecule has 4 heteroatoms. The first-order valence-electron chi connectivity index (χ1n) is 6.26. The smallest absolute Gasteiger partial charge is 0.251 e. The number of hydrogen-bond acceptors (Lipinski definition) is 2. The Labute approximate surface area is 116 Å². The molecule has 3 nitrogen and oxygen atoms in total. The molecule has 1 aliphatic carbocycles. The summed E-state index contributed by atoms with van der Waals surface area (Å²) in [7, 11) is 0. The fourth-order valence-corrected chi connectivity index (χ4v) is 2.80. The number of carbonyl (C=O) groups is 1. The van der Waals surface area contributed by atoms with E-state index in [1.54, 1.807) is 0 Å². The minimum absolute atomic E-state index is 0.0196. The molecular weight excluding hydrogens is 294 g/mol. The highest BCUT2D eigenvalue weighted by molar-refractivity contribution is 9.10. The van der Waals surface area contributed by atoms with Gasteiger partial charge in [0.25, 0.3) is 5.91 Å². The van der Waals surface area contributed by atoms with Crippen LogP contribution < -0.4 is 5.32 Å². The first-order valence-corrected chi connectivity index (χ1v) is 7.05. The highest BCUT2D eigenvalue weighted by Crippen LogP contribution is 2.29. The molecule has 0 radical (unpaired) electrons. The maximum Gasteiger partial charge on any atom is 0.251 e. The second-order valence-electron chi connectivity index (χ2n) is 5.06. The van der Waals surface area contributed by atoms with E-state index in [1.165, 1.54) is 0 Å². The van der Waals surface area contributed by atoms with Crippen molar-refractivity contribution in [1.29, 1.82) is 0 Å². The molecule has 98 valence electrons. The van der Waals surface area contributed by atoms with Crippen LogP contribution in [-0.2, 0) is 0 Å². The molecule has 1 aromatic carbocycles. The summed E-state index contributed by atoms with van der Waals surface area (Å²) in [4.78, 5) is 12.2. The molecule has 0 aromatic heterocycles. The highest BCUT2D eigenvalue weighted by atomic mass is 79.9. The third-order valence-corrected chi connectivity index (χ3v) is 4.53. The second-order valence-corrected chi connectivity index (χ2v) is 5.92. The zero-order chi connectivity index (χ0) is 13.2. The van der Waals surface area contributed by atoms with Gasteiger partial charge in [0, 0.05) is 10.0 Å². The maximum atomic E-state index is 12.2. The van der Waals surface area contributed by atoms with Gasteiger partial charge in [-0.3, -0.25) is 4.79 Å². The van der Waals surface area contributed by atoms with Crippen LogP contribution in [0.4, 0.5) is 0 Å². The standard InChI is InChI=1S/C14H18BrNO2/c1-10-4-5-11(8-12(10)15)13(18)16-14(9-17)6-2-3-7-14/h4-5,8,17H,2-3,6-7,9H2,1H3,(H,16,18). The number of hydrogen-bond donors (Lipinski definition) is 2. The summed E-state index contributed by atoms with van der Waals surface area (Å²) in [5, 5.41) is 12.5. The normalized spacial score (nSPS) is 17.7. The quantitative estimate of drug-likeness (QED) is 0.902. The Morgan fingerprint density at radius 1 is 1.44 bits per heavy atom. The first kappa shape index (κ1) is 13.6. The fourth-order valence-electron chi connectivity index (χ4n) is 2.42. The minimum Gasteiger partial charge on any atom is -0.394 e. The zero-order valence-corrected chi connectivity index (χ0v) is 12.1. The van der Waals surface area contributed by atoms with E-state index in [1.807, 2.05) is 25.1 Å². The van der Waals surface area contributed by atoms with Crippen molar-refractivity contribution in [3.63, 3.8) is 0 Å². The molecule has 1 amide bonds. The van der Waals surface area contributed by atoms with Crippen molar-refractivity contribution in [1.82, 2.24) is 5.32 Å². The number of amides is 1. The van der Waals surface area contributed by atoms with Gasteiger partial charge in [-0.25, -0.2) is 0 Å². The number of rotatable bonds is 3. The Balaban J connectivity index is 2.13. The number of carbonyl (C=O) groups excluding carboxylic acids is 1. The summed E-state index contributed by atoms with van der Waals surface area (Å²) in [5.74, 6) is -0.105. The molecule has 1 saturated carbocycles. The number of aryl methyl sites for hydroxylation is 1. The lowest BCUT2D eigenvalue weighted by molar-refractivity contribution is 0.0838. The van der Waals surface area contributed by atoms with Gasteiger partial charge in [0.15, 0.2) is 0 Å². The molecule has 0 unspecified atom stereocenters. The van der Waals surface area contributed by atoms with E-state index in [0.29, 0.717) is 5.56 Å². The van der Waals surface area contributed by atoms with Crippen molar-refractivity contribution in [3.8, 4) is 0 Å². The molecule has 0 saturated heterocycles. The van der Waals surface area contributed by atoms with Gasteiger partial charge in [-0.2, -0.15) is 0 Å². The summed E-state index contributed by atoms with van der Waals surface area (Å²) >= 11 is 3.43. The van der Waals surface area contributed by atoms with Gasteiger partial charge in [-0.1, -0.05) is 34.8 Å². The lowest BCUT2D eigenvalue weighted by atomic mass is 9.98. The van der Waals surface area contributed by atoms with E-state index in [2.05, 4.69) is 21.2 Å². The lowest BCUT2D eigenvalue weighted by Crippen LogP contribution is -2.49. The topological polar surface area (TPSA) is 49.3 Å². The van der Waals surface area contributed by atoms with Gasteiger partial charge in [0.1, 0.15) is 0 Å². The van der Waals surface area contributed by atoms with E-state index in [4.69, 9.17) is 0 Å². The predicted octanol–water partition coefficient (Wildman–Crippen LogP) is 2.79. The van der Waals surface area contributed by atoms with Gasteiger partial charge in [0.2, 0.25) is 0 Å². The number of aliphatic hydroxyl groups is 1. The van der Waals surface area contributed by atoms with E-state index in [-0.39, 0.29) is 12.5 Å². The number of aliphatic hydroxyl groups excluding tert-OH is 1. The number of nitrogens with one attached hydrogen (secondary N) is 1. The lowest BCUT2D eigenvalue weighted by Gasteiger charge is -2.28. The first-order chi connectivity index (χ1) is 8.56. The molecule has 0 heterocycles. The van der Waals surface area contributed by atoms with Crippen LogP contribution >= 0.6 is 15.9 Å². The van der Waals surface area contributed by atoms with Crippen LogP contribution in [0.15, 0.2) is 22.7 Å². The monoisotopic (exact) mass is 311 g/mol. The molecule has 0 aliphatic heterocycles.